The number of hydrogen-bond donors (Lipinski definition) is 2. The van der Waals surface area contributed by atoms with E-state index in [1.165, 1.54) is 4.88 Å². The van der Waals surface area contributed by atoms with E-state index in [0.717, 1.165) is 19.3 Å². The zero-order valence-corrected chi connectivity index (χ0v) is 11.4. The highest BCUT2D eigenvalue weighted by molar-refractivity contribution is 7.09. The fraction of sp³-hybridized carbons (Fsp3) is 0.538. The van der Waals surface area contributed by atoms with Crippen LogP contribution < -0.4 is 5.32 Å². The highest BCUT2D eigenvalue weighted by atomic mass is 32.1. The number of carboxylic acid groups (broad SMARTS) is 1. The second-order valence-corrected chi connectivity index (χ2v) is 5.28. The molecule has 1 unspecified atom stereocenters. The summed E-state index contributed by atoms with van der Waals surface area (Å²) >= 11 is 1.72. The van der Waals surface area contributed by atoms with Gasteiger partial charge in [0.15, 0.2) is 6.04 Å². The largest absolute Gasteiger partial charge is 0.480 e. The Kier molecular flexibility index (Phi) is 7.10. The summed E-state index contributed by atoms with van der Waals surface area (Å²) in [7, 11) is 0. The van der Waals surface area contributed by atoms with E-state index in [1.54, 1.807) is 11.3 Å². The predicted molar refractivity (Wildman–Crippen MR) is 72.0 cm³/mol. The molecule has 0 aliphatic rings. The second-order valence-electron chi connectivity index (χ2n) is 4.25. The number of unbranched alkanes of at least 4 members (excludes halogenated alkanes) is 2. The average Bonchev–Trinajstić information content (AvgIpc) is 2.88. The summed E-state index contributed by atoms with van der Waals surface area (Å²) in [5.41, 5.74) is 0. The molecule has 0 radical (unpaired) electrons. The number of carbonyl (C=O) groups is 2. The number of carbonyl (C=O) groups excluding carboxylic acids is 1. The molecule has 1 heterocycles. The van der Waals surface area contributed by atoms with Gasteiger partial charge in [-0.25, -0.2) is 9.18 Å². The molecule has 0 bridgehead atoms. The van der Waals surface area contributed by atoms with Crippen LogP contribution in [-0.4, -0.2) is 29.7 Å². The zero-order valence-electron chi connectivity index (χ0n) is 10.6. The number of rotatable bonds is 9. The van der Waals surface area contributed by atoms with Gasteiger partial charge in [-0.1, -0.05) is 12.5 Å². The van der Waals surface area contributed by atoms with Crippen molar-refractivity contribution in [2.24, 2.45) is 0 Å². The van der Waals surface area contributed by atoms with Crippen molar-refractivity contribution in [3.8, 4) is 0 Å². The minimum Gasteiger partial charge on any atom is -0.480 e. The maximum absolute atomic E-state index is 12.3. The van der Waals surface area contributed by atoms with Gasteiger partial charge in [0, 0.05) is 11.3 Å². The Morgan fingerprint density at radius 1 is 1.37 bits per heavy atom. The number of carboxylic acids is 1. The lowest BCUT2D eigenvalue weighted by Gasteiger charge is -2.10. The number of amides is 1. The first kappa shape index (κ1) is 15.6. The predicted octanol–water partition coefficient (Wildman–Crippen LogP) is 2.39. The zero-order chi connectivity index (χ0) is 14.1. The number of aliphatic carboxylic acids is 1. The van der Waals surface area contributed by atoms with Crippen LogP contribution in [0, 0.1) is 0 Å². The Morgan fingerprint density at radius 2 is 2.16 bits per heavy atom. The number of hydrogen-bond acceptors (Lipinski definition) is 3. The van der Waals surface area contributed by atoms with Gasteiger partial charge < -0.3 is 10.4 Å². The van der Waals surface area contributed by atoms with Crippen molar-refractivity contribution >= 4 is 23.2 Å². The van der Waals surface area contributed by atoms with Crippen molar-refractivity contribution in [3.63, 3.8) is 0 Å². The molecule has 6 heteroatoms. The van der Waals surface area contributed by atoms with Gasteiger partial charge in [0.25, 0.3) is 0 Å². The summed E-state index contributed by atoms with van der Waals surface area (Å²) in [5, 5.41) is 12.8. The SMILES string of the molecule is O=C(CCCCCc1cccs1)NC(CF)C(=O)O. The molecule has 0 aliphatic carbocycles. The van der Waals surface area contributed by atoms with E-state index < -0.39 is 24.6 Å². The maximum Gasteiger partial charge on any atom is 0.328 e. The molecule has 106 valence electrons. The Hall–Kier alpha value is -1.43. The average molecular weight is 287 g/mol. The normalized spacial score (nSPS) is 12.1. The van der Waals surface area contributed by atoms with Crippen LogP contribution in [-0.2, 0) is 16.0 Å². The van der Waals surface area contributed by atoms with E-state index in [1.807, 2.05) is 11.4 Å². The van der Waals surface area contributed by atoms with Crippen LogP contribution in [0.4, 0.5) is 4.39 Å². The Morgan fingerprint density at radius 3 is 2.74 bits per heavy atom. The first-order valence-electron chi connectivity index (χ1n) is 6.24. The first-order valence-corrected chi connectivity index (χ1v) is 7.12. The minimum atomic E-state index is -1.42. The molecular formula is C13H18FNO3S. The fourth-order valence-corrected chi connectivity index (χ4v) is 2.40. The van der Waals surface area contributed by atoms with Crippen molar-refractivity contribution < 1.29 is 19.1 Å². The fourth-order valence-electron chi connectivity index (χ4n) is 1.65. The number of halogens is 1. The molecule has 0 aliphatic heterocycles. The van der Waals surface area contributed by atoms with Gasteiger partial charge in [0.1, 0.15) is 6.67 Å². The molecule has 0 spiro atoms. The smallest absolute Gasteiger partial charge is 0.328 e. The van der Waals surface area contributed by atoms with E-state index in [9.17, 15) is 14.0 Å². The summed E-state index contributed by atoms with van der Waals surface area (Å²) in [6.07, 6.45) is 3.84. The summed E-state index contributed by atoms with van der Waals surface area (Å²) in [6, 6.07) is 2.67. The van der Waals surface area contributed by atoms with Gasteiger partial charge in [0.2, 0.25) is 5.91 Å². The summed E-state index contributed by atoms with van der Waals surface area (Å²) in [4.78, 5) is 23.2. The van der Waals surface area contributed by atoms with Crippen molar-refractivity contribution in [1.82, 2.24) is 5.32 Å². The van der Waals surface area contributed by atoms with E-state index in [2.05, 4.69) is 11.4 Å². The summed E-state index contributed by atoms with van der Waals surface area (Å²) in [5.74, 6) is -1.74. The van der Waals surface area contributed by atoms with Crippen molar-refractivity contribution in [1.29, 1.82) is 0 Å². The van der Waals surface area contributed by atoms with E-state index >= 15 is 0 Å². The number of alkyl halides is 1. The molecule has 1 atom stereocenters. The Labute approximate surface area is 115 Å². The highest BCUT2D eigenvalue weighted by Gasteiger charge is 2.18. The summed E-state index contributed by atoms with van der Waals surface area (Å²) < 4.78 is 12.3. The first-order chi connectivity index (χ1) is 9.13. The third-order valence-electron chi connectivity index (χ3n) is 2.69. The Balaban J connectivity index is 2.08. The molecule has 0 aromatic carbocycles. The maximum atomic E-state index is 12.3. The van der Waals surface area contributed by atoms with Crippen LogP contribution >= 0.6 is 11.3 Å². The topological polar surface area (TPSA) is 66.4 Å². The van der Waals surface area contributed by atoms with Gasteiger partial charge in [-0.05, 0) is 30.7 Å². The quantitative estimate of drug-likeness (QED) is 0.685. The van der Waals surface area contributed by atoms with E-state index in [0.29, 0.717) is 6.42 Å². The van der Waals surface area contributed by atoms with Crippen LogP contribution in [0.25, 0.3) is 0 Å². The van der Waals surface area contributed by atoms with E-state index in [4.69, 9.17) is 5.11 Å². The highest BCUT2D eigenvalue weighted by Crippen LogP contribution is 2.13. The van der Waals surface area contributed by atoms with Crippen molar-refractivity contribution in [2.75, 3.05) is 6.67 Å². The third-order valence-corrected chi connectivity index (χ3v) is 3.63. The molecule has 0 fully saturated rings. The lowest BCUT2D eigenvalue weighted by atomic mass is 10.1. The lowest BCUT2D eigenvalue weighted by Crippen LogP contribution is -2.42. The van der Waals surface area contributed by atoms with Crippen LogP contribution in [0.1, 0.15) is 30.6 Å². The van der Waals surface area contributed by atoms with Crippen molar-refractivity contribution in [3.05, 3.63) is 22.4 Å². The molecule has 19 heavy (non-hydrogen) atoms. The summed E-state index contributed by atoms with van der Waals surface area (Å²) in [6.45, 7) is -1.08. The van der Waals surface area contributed by atoms with Crippen LogP contribution in [0.3, 0.4) is 0 Å². The standard InChI is InChI=1S/C13H18FNO3S/c14-9-11(13(17)18)15-12(16)7-3-1-2-5-10-6-4-8-19-10/h4,6,8,11H,1-3,5,7,9H2,(H,15,16)(H,17,18). The van der Waals surface area contributed by atoms with Crippen LogP contribution in [0.5, 0.6) is 0 Å². The van der Waals surface area contributed by atoms with Gasteiger partial charge in [-0.15, -0.1) is 11.3 Å². The van der Waals surface area contributed by atoms with Gasteiger partial charge >= 0.3 is 5.97 Å². The van der Waals surface area contributed by atoms with Crippen LogP contribution in [0.15, 0.2) is 17.5 Å². The molecular weight excluding hydrogens is 269 g/mol. The second kappa shape index (κ2) is 8.63. The van der Waals surface area contributed by atoms with Gasteiger partial charge in [0.05, 0.1) is 0 Å². The Bertz CT molecular complexity index is 395. The third kappa shape index (κ3) is 6.33. The molecule has 0 saturated carbocycles. The molecule has 0 saturated heterocycles. The molecule has 1 amide bonds. The molecule has 1 rings (SSSR count). The number of aryl methyl sites for hydroxylation is 1. The minimum absolute atomic E-state index is 0.244. The lowest BCUT2D eigenvalue weighted by molar-refractivity contribution is -0.142. The molecule has 1 aromatic rings. The monoisotopic (exact) mass is 287 g/mol. The van der Waals surface area contributed by atoms with Crippen LogP contribution in [0.2, 0.25) is 0 Å². The number of thiophene rings is 1. The van der Waals surface area contributed by atoms with Gasteiger partial charge in [-0.2, -0.15) is 0 Å². The van der Waals surface area contributed by atoms with Gasteiger partial charge in [-0.3, -0.25) is 4.79 Å². The number of nitrogens with one attached hydrogen (secondary N) is 1. The molecule has 1 aromatic heterocycles. The van der Waals surface area contributed by atoms with Crippen molar-refractivity contribution in [2.45, 2.75) is 38.1 Å². The van der Waals surface area contributed by atoms with E-state index in [-0.39, 0.29) is 6.42 Å². The molecule has 4 nitrogen and oxygen atoms in total. The molecule has 2 N–H and O–H groups in total.